The molecule has 3 atom stereocenters. The van der Waals surface area contributed by atoms with Crippen LogP contribution < -0.4 is 5.32 Å². The molecule has 0 amide bonds. The number of rotatable bonds is 5. The summed E-state index contributed by atoms with van der Waals surface area (Å²) in [4.78, 5) is 0. The molecule has 0 bridgehead atoms. The van der Waals surface area contributed by atoms with Crippen molar-refractivity contribution >= 4 is 23.2 Å². The van der Waals surface area contributed by atoms with Crippen LogP contribution in [-0.2, 0) is 4.74 Å². The van der Waals surface area contributed by atoms with Crippen LogP contribution in [0.4, 0.5) is 4.39 Å². The first-order valence-corrected chi connectivity index (χ1v) is 8.30. The summed E-state index contributed by atoms with van der Waals surface area (Å²) in [5, 5.41) is 10.7. The molecule has 1 aromatic heterocycles. The summed E-state index contributed by atoms with van der Waals surface area (Å²) < 4.78 is 19.5. The Morgan fingerprint density at radius 1 is 1.43 bits per heavy atom. The molecule has 124 valence electrons. The van der Waals surface area contributed by atoms with E-state index >= 15 is 0 Å². The molecule has 3 rings (SSSR count). The van der Waals surface area contributed by atoms with E-state index in [1.165, 1.54) is 12.1 Å². The molecule has 0 aliphatic carbocycles. The maximum atomic E-state index is 13.7. The van der Waals surface area contributed by atoms with Gasteiger partial charge in [-0.25, -0.2) is 4.39 Å². The summed E-state index contributed by atoms with van der Waals surface area (Å²) in [7, 11) is 0. The highest BCUT2D eigenvalue weighted by molar-refractivity contribution is 6.35. The Morgan fingerprint density at radius 2 is 2.26 bits per heavy atom. The third-order valence-corrected chi connectivity index (χ3v) is 4.87. The van der Waals surface area contributed by atoms with E-state index in [4.69, 9.17) is 27.9 Å². The normalized spacial score (nSPS) is 22.4. The topological polar surface area (TPSA) is 49.9 Å². The minimum Gasteiger partial charge on any atom is -0.373 e. The van der Waals surface area contributed by atoms with E-state index in [0.29, 0.717) is 16.5 Å². The zero-order valence-electron chi connectivity index (χ0n) is 12.7. The fraction of sp³-hybridized carbons (Fsp3) is 0.438. The molecule has 2 aromatic rings. The van der Waals surface area contributed by atoms with Gasteiger partial charge in [0.1, 0.15) is 5.82 Å². The van der Waals surface area contributed by atoms with Crippen molar-refractivity contribution in [1.29, 1.82) is 0 Å². The van der Waals surface area contributed by atoms with E-state index in [1.807, 2.05) is 13.1 Å². The SMILES string of the molecule is CC(NC[C@H]1CCO[C@@H]1c1cn[nH]c1)c1cc(F)c(Cl)cc1Cl. The van der Waals surface area contributed by atoms with Gasteiger partial charge in [-0.15, -0.1) is 0 Å². The molecule has 0 spiro atoms. The average Bonchev–Trinajstić information content (AvgIpc) is 3.18. The Kier molecular flexibility index (Phi) is 5.21. The van der Waals surface area contributed by atoms with Crippen LogP contribution in [0.2, 0.25) is 10.0 Å². The Morgan fingerprint density at radius 3 is 3.00 bits per heavy atom. The van der Waals surface area contributed by atoms with Crippen LogP contribution >= 0.6 is 23.2 Å². The Hall–Kier alpha value is -1.14. The average molecular weight is 358 g/mol. The van der Waals surface area contributed by atoms with Gasteiger partial charge in [-0.3, -0.25) is 5.10 Å². The lowest BCUT2D eigenvalue weighted by Crippen LogP contribution is -2.27. The van der Waals surface area contributed by atoms with Gasteiger partial charge in [-0.2, -0.15) is 5.10 Å². The first-order valence-electron chi connectivity index (χ1n) is 7.54. The molecule has 7 heteroatoms. The first kappa shape index (κ1) is 16.7. The molecule has 2 heterocycles. The quantitative estimate of drug-likeness (QED) is 0.785. The van der Waals surface area contributed by atoms with Gasteiger partial charge >= 0.3 is 0 Å². The highest BCUT2D eigenvalue weighted by atomic mass is 35.5. The molecular weight excluding hydrogens is 340 g/mol. The number of benzene rings is 1. The highest BCUT2D eigenvalue weighted by Gasteiger charge is 2.30. The molecule has 1 unspecified atom stereocenters. The number of aromatic nitrogens is 2. The molecule has 23 heavy (non-hydrogen) atoms. The van der Waals surface area contributed by atoms with Crippen LogP contribution in [0.5, 0.6) is 0 Å². The number of aromatic amines is 1. The van der Waals surface area contributed by atoms with Crippen molar-refractivity contribution in [2.45, 2.75) is 25.5 Å². The number of halogens is 3. The van der Waals surface area contributed by atoms with E-state index in [0.717, 1.165) is 25.1 Å². The van der Waals surface area contributed by atoms with Crippen LogP contribution in [0.25, 0.3) is 0 Å². The van der Waals surface area contributed by atoms with Crippen molar-refractivity contribution < 1.29 is 9.13 Å². The van der Waals surface area contributed by atoms with E-state index in [-0.39, 0.29) is 17.2 Å². The first-order chi connectivity index (χ1) is 11.1. The Bertz CT molecular complexity index is 666. The zero-order chi connectivity index (χ0) is 16.4. The minimum atomic E-state index is -0.458. The molecule has 2 N–H and O–H groups in total. The lowest BCUT2D eigenvalue weighted by Gasteiger charge is -2.22. The summed E-state index contributed by atoms with van der Waals surface area (Å²) >= 11 is 11.9. The number of hydrogen-bond donors (Lipinski definition) is 2. The van der Waals surface area contributed by atoms with Gasteiger partial charge in [-0.1, -0.05) is 23.2 Å². The fourth-order valence-electron chi connectivity index (χ4n) is 2.94. The molecule has 1 aliphatic heterocycles. The number of ether oxygens (including phenoxy) is 1. The lowest BCUT2D eigenvalue weighted by molar-refractivity contribution is 0.0899. The summed E-state index contributed by atoms with van der Waals surface area (Å²) in [6.45, 7) is 3.43. The van der Waals surface area contributed by atoms with Gasteiger partial charge in [0.05, 0.1) is 17.3 Å². The van der Waals surface area contributed by atoms with Crippen molar-refractivity contribution in [2.24, 2.45) is 5.92 Å². The molecule has 1 fully saturated rings. The molecule has 1 aromatic carbocycles. The number of nitrogens with zero attached hydrogens (tertiary/aromatic N) is 1. The maximum Gasteiger partial charge on any atom is 0.142 e. The number of nitrogens with one attached hydrogen (secondary N) is 2. The number of H-pyrrole nitrogens is 1. The Labute approximate surface area is 144 Å². The van der Waals surface area contributed by atoms with Crippen LogP contribution in [0, 0.1) is 11.7 Å². The summed E-state index contributed by atoms with van der Waals surface area (Å²) in [5.41, 5.74) is 1.75. The molecule has 4 nitrogen and oxygen atoms in total. The van der Waals surface area contributed by atoms with Gasteiger partial charge in [0, 0.05) is 41.9 Å². The predicted octanol–water partition coefficient (Wildman–Crippen LogP) is 4.28. The van der Waals surface area contributed by atoms with Gasteiger partial charge in [-0.05, 0) is 31.0 Å². The third kappa shape index (κ3) is 3.69. The third-order valence-electron chi connectivity index (χ3n) is 4.25. The minimum absolute atomic E-state index is 0.0332. The van der Waals surface area contributed by atoms with E-state index in [9.17, 15) is 4.39 Å². The molecule has 1 aliphatic rings. The van der Waals surface area contributed by atoms with E-state index in [2.05, 4.69) is 15.5 Å². The van der Waals surface area contributed by atoms with Gasteiger partial charge in [0.15, 0.2) is 0 Å². The van der Waals surface area contributed by atoms with Crippen LogP contribution in [0.1, 0.15) is 36.6 Å². The van der Waals surface area contributed by atoms with Crippen molar-refractivity contribution in [2.75, 3.05) is 13.2 Å². The molecular formula is C16H18Cl2FN3O. The smallest absolute Gasteiger partial charge is 0.142 e. The van der Waals surface area contributed by atoms with Crippen LogP contribution in [0.15, 0.2) is 24.5 Å². The molecule has 1 saturated heterocycles. The molecule has 0 saturated carbocycles. The largest absolute Gasteiger partial charge is 0.373 e. The number of hydrogen-bond acceptors (Lipinski definition) is 3. The van der Waals surface area contributed by atoms with Crippen LogP contribution in [-0.4, -0.2) is 23.3 Å². The summed E-state index contributed by atoms with van der Waals surface area (Å²) in [5.74, 6) is -0.119. The lowest BCUT2D eigenvalue weighted by atomic mass is 9.96. The second kappa shape index (κ2) is 7.18. The summed E-state index contributed by atoms with van der Waals surface area (Å²) in [6.07, 6.45) is 4.65. The highest BCUT2D eigenvalue weighted by Crippen LogP contribution is 2.34. The maximum absolute atomic E-state index is 13.7. The standard InChI is InChI=1S/C16H18Cl2FN3O/c1-9(12-4-15(19)14(18)5-13(12)17)20-6-10-2-3-23-16(10)11-7-21-22-8-11/h4-5,7-10,16,20H,2-3,6H2,1H3,(H,21,22)/t9?,10-,16+/m1/s1. The predicted molar refractivity (Wildman–Crippen MR) is 88.2 cm³/mol. The molecule has 0 radical (unpaired) electrons. The zero-order valence-corrected chi connectivity index (χ0v) is 14.2. The summed E-state index contributed by atoms with van der Waals surface area (Å²) in [6, 6.07) is 2.75. The van der Waals surface area contributed by atoms with Crippen molar-refractivity contribution in [3.63, 3.8) is 0 Å². The monoisotopic (exact) mass is 357 g/mol. The van der Waals surface area contributed by atoms with E-state index in [1.54, 1.807) is 6.20 Å². The van der Waals surface area contributed by atoms with Crippen LogP contribution in [0.3, 0.4) is 0 Å². The fourth-order valence-corrected chi connectivity index (χ4v) is 3.48. The van der Waals surface area contributed by atoms with Gasteiger partial charge in [0.2, 0.25) is 0 Å². The second-order valence-electron chi connectivity index (χ2n) is 5.79. The van der Waals surface area contributed by atoms with Crippen molar-refractivity contribution in [3.05, 3.63) is 51.5 Å². The van der Waals surface area contributed by atoms with Crippen molar-refractivity contribution in [1.82, 2.24) is 15.5 Å². The second-order valence-corrected chi connectivity index (χ2v) is 6.60. The van der Waals surface area contributed by atoms with Crippen molar-refractivity contribution in [3.8, 4) is 0 Å². The Balaban J connectivity index is 1.65. The van der Waals surface area contributed by atoms with Gasteiger partial charge < -0.3 is 10.1 Å². The van der Waals surface area contributed by atoms with E-state index < -0.39 is 5.82 Å². The van der Waals surface area contributed by atoms with Gasteiger partial charge in [0.25, 0.3) is 0 Å².